The molecule has 3 nitrogen and oxygen atoms in total. The number of carbonyl (C=O) groups excluding carboxylic acids is 1. The number of ether oxygens (including phenoxy) is 1. The van der Waals surface area contributed by atoms with Gasteiger partial charge in [-0.1, -0.05) is 12.3 Å². The van der Waals surface area contributed by atoms with Crippen LogP contribution in [0.4, 0.5) is 0 Å². The smallest absolute Gasteiger partial charge is 0.241 e. The Balaban J connectivity index is 0.00000242. The van der Waals surface area contributed by atoms with Crippen LogP contribution in [0.2, 0.25) is 0 Å². The monoisotopic (exact) mass is 391 g/mol. The van der Waals surface area contributed by atoms with Crippen molar-refractivity contribution >= 4 is 23.2 Å². The summed E-state index contributed by atoms with van der Waals surface area (Å²) >= 11 is 5.99. The van der Waals surface area contributed by atoms with Gasteiger partial charge in [0.25, 0.3) is 0 Å². The molecule has 1 atom stereocenters. The Bertz CT molecular complexity index is 601. The number of nitrogens with zero attached hydrogens (tertiary/aromatic N) is 1. The van der Waals surface area contributed by atoms with Crippen molar-refractivity contribution in [3.05, 3.63) is 35.9 Å². The summed E-state index contributed by atoms with van der Waals surface area (Å²) in [4.78, 5) is 13.7. The SMILES string of the molecule is CC#CCOc1ccc(C2=[C-]CC(Cl)C(=O)N2CC)cc1.[Y]. The number of alkyl halides is 1. The molecular formula is C17H17ClNO2Y-. The second kappa shape index (κ2) is 9.35. The van der Waals surface area contributed by atoms with E-state index in [0.717, 1.165) is 17.0 Å². The summed E-state index contributed by atoms with van der Waals surface area (Å²) in [6.07, 6.45) is 3.66. The van der Waals surface area contributed by atoms with Gasteiger partial charge < -0.3 is 9.64 Å². The molecule has 0 spiro atoms. The van der Waals surface area contributed by atoms with Crippen LogP contribution in [-0.2, 0) is 37.5 Å². The summed E-state index contributed by atoms with van der Waals surface area (Å²) in [5, 5.41) is -0.510. The Kier molecular flexibility index (Phi) is 8.17. The van der Waals surface area contributed by atoms with Gasteiger partial charge in [-0.3, -0.25) is 4.79 Å². The Hall–Kier alpha value is -0.816. The summed E-state index contributed by atoms with van der Waals surface area (Å²) in [5.41, 5.74) is 1.72. The zero-order valence-corrected chi connectivity index (χ0v) is 16.3. The van der Waals surface area contributed by atoms with E-state index < -0.39 is 5.38 Å². The first-order valence-electron chi connectivity index (χ1n) is 6.86. The maximum Gasteiger partial charge on any atom is 0.241 e. The van der Waals surface area contributed by atoms with Crippen LogP contribution in [0.5, 0.6) is 5.75 Å². The van der Waals surface area contributed by atoms with Gasteiger partial charge >= 0.3 is 0 Å². The largest absolute Gasteiger partial charge is 0.481 e. The molecule has 1 aliphatic rings. The van der Waals surface area contributed by atoms with Gasteiger partial charge in [0.2, 0.25) is 5.91 Å². The van der Waals surface area contributed by atoms with Gasteiger partial charge in [0.1, 0.15) is 17.7 Å². The van der Waals surface area contributed by atoms with Crippen LogP contribution < -0.4 is 4.74 Å². The molecule has 1 radical (unpaired) electrons. The topological polar surface area (TPSA) is 29.5 Å². The molecule has 1 aliphatic heterocycles. The first kappa shape index (κ1) is 19.2. The summed E-state index contributed by atoms with van der Waals surface area (Å²) in [5.74, 6) is 6.31. The molecule has 0 N–H and O–H groups in total. The fourth-order valence-corrected chi connectivity index (χ4v) is 2.32. The average Bonchev–Trinajstić information content (AvgIpc) is 2.51. The van der Waals surface area contributed by atoms with E-state index in [0.29, 0.717) is 19.6 Å². The van der Waals surface area contributed by atoms with Crippen LogP contribution in [0.3, 0.4) is 0 Å². The zero-order chi connectivity index (χ0) is 15.2. The third-order valence-corrected chi connectivity index (χ3v) is 3.53. The van der Waals surface area contributed by atoms with Gasteiger partial charge in [-0.2, -0.15) is 5.56 Å². The minimum Gasteiger partial charge on any atom is -0.481 e. The molecule has 0 bridgehead atoms. The van der Waals surface area contributed by atoms with Crippen molar-refractivity contribution in [3.8, 4) is 17.6 Å². The minimum atomic E-state index is -0.510. The van der Waals surface area contributed by atoms with E-state index in [9.17, 15) is 4.79 Å². The molecule has 0 aliphatic carbocycles. The number of allylic oxidation sites excluding steroid dienone is 1. The van der Waals surface area contributed by atoms with Crippen molar-refractivity contribution in [2.75, 3.05) is 13.2 Å². The Morgan fingerprint density at radius 2 is 2.09 bits per heavy atom. The van der Waals surface area contributed by atoms with Crippen LogP contribution in [0, 0.1) is 17.9 Å². The maximum atomic E-state index is 12.1. The van der Waals surface area contributed by atoms with Gasteiger partial charge in [-0.25, -0.2) is 6.08 Å². The maximum absolute atomic E-state index is 12.1. The van der Waals surface area contributed by atoms with Crippen LogP contribution in [0.1, 0.15) is 25.8 Å². The minimum absolute atomic E-state index is 0. The van der Waals surface area contributed by atoms with Gasteiger partial charge in [0.05, 0.1) is 0 Å². The summed E-state index contributed by atoms with van der Waals surface area (Å²) in [7, 11) is 0. The Morgan fingerprint density at radius 3 is 2.68 bits per heavy atom. The van der Waals surface area contributed by atoms with Crippen LogP contribution >= 0.6 is 11.6 Å². The molecular weight excluding hydrogens is 375 g/mol. The van der Waals surface area contributed by atoms with E-state index in [2.05, 4.69) is 17.9 Å². The van der Waals surface area contributed by atoms with Gasteiger partial charge in [0.15, 0.2) is 0 Å². The number of hydrogen-bond acceptors (Lipinski definition) is 2. The average molecular weight is 392 g/mol. The molecule has 1 aromatic carbocycles. The van der Waals surface area contributed by atoms with Crippen LogP contribution in [-0.4, -0.2) is 29.3 Å². The molecule has 1 aromatic rings. The third-order valence-electron chi connectivity index (χ3n) is 3.18. The summed E-state index contributed by atoms with van der Waals surface area (Å²) in [6.45, 7) is 4.65. The van der Waals surface area contributed by atoms with E-state index in [1.807, 2.05) is 31.2 Å². The normalized spacial score (nSPS) is 17.0. The molecule has 1 unspecified atom stereocenters. The summed E-state index contributed by atoms with van der Waals surface area (Å²) < 4.78 is 5.48. The Labute approximate surface area is 161 Å². The number of carbonyl (C=O) groups is 1. The van der Waals surface area contributed by atoms with Crippen molar-refractivity contribution in [2.45, 2.75) is 25.6 Å². The van der Waals surface area contributed by atoms with Crippen LogP contribution in [0.15, 0.2) is 24.3 Å². The van der Waals surface area contributed by atoms with Gasteiger partial charge in [-0.15, -0.1) is 35.4 Å². The quantitative estimate of drug-likeness (QED) is 0.448. The fraction of sp³-hybridized carbons (Fsp3) is 0.353. The standard InChI is InChI=1S/C17H17ClNO2.Y/c1-3-5-12-21-14-8-6-13(7-9-14)16-11-10-15(18)17(20)19(16)4-2;/h6-9,15H,4,10,12H2,1-2H3;/q-1;. The van der Waals surface area contributed by atoms with Crippen molar-refractivity contribution in [3.63, 3.8) is 0 Å². The molecule has 0 saturated carbocycles. The van der Waals surface area contributed by atoms with E-state index in [-0.39, 0.29) is 38.6 Å². The predicted molar refractivity (Wildman–Crippen MR) is 83.7 cm³/mol. The number of amides is 1. The first-order chi connectivity index (χ1) is 10.2. The van der Waals surface area contributed by atoms with Crippen LogP contribution in [0.25, 0.3) is 5.70 Å². The van der Waals surface area contributed by atoms with Gasteiger partial charge in [-0.05, 0) is 26.0 Å². The van der Waals surface area contributed by atoms with E-state index >= 15 is 0 Å². The molecule has 22 heavy (non-hydrogen) atoms. The number of hydrogen-bond donors (Lipinski definition) is 0. The van der Waals surface area contributed by atoms with Gasteiger partial charge in [0, 0.05) is 39.3 Å². The van der Waals surface area contributed by atoms with E-state index in [4.69, 9.17) is 16.3 Å². The van der Waals surface area contributed by atoms with Crippen molar-refractivity contribution in [1.29, 1.82) is 0 Å². The second-order valence-corrected chi connectivity index (χ2v) is 5.05. The van der Waals surface area contributed by atoms with E-state index in [1.54, 1.807) is 11.8 Å². The molecule has 1 amide bonds. The molecule has 5 heteroatoms. The third kappa shape index (κ3) is 4.59. The fourth-order valence-electron chi connectivity index (χ4n) is 2.12. The number of benzene rings is 1. The Morgan fingerprint density at radius 1 is 1.41 bits per heavy atom. The number of halogens is 1. The number of rotatable bonds is 4. The zero-order valence-electron chi connectivity index (χ0n) is 12.7. The summed E-state index contributed by atoms with van der Waals surface area (Å²) in [6, 6.07) is 7.57. The molecule has 2 rings (SSSR count). The van der Waals surface area contributed by atoms with Crippen molar-refractivity contribution < 1.29 is 42.2 Å². The molecule has 0 aromatic heterocycles. The second-order valence-electron chi connectivity index (χ2n) is 4.52. The molecule has 1 heterocycles. The predicted octanol–water partition coefficient (Wildman–Crippen LogP) is 3.09. The molecule has 113 valence electrons. The molecule has 0 saturated heterocycles. The van der Waals surface area contributed by atoms with Crippen molar-refractivity contribution in [2.24, 2.45) is 0 Å². The van der Waals surface area contributed by atoms with Crippen molar-refractivity contribution in [1.82, 2.24) is 4.90 Å². The van der Waals surface area contributed by atoms with E-state index in [1.165, 1.54) is 0 Å². The molecule has 0 fully saturated rings. The first-order valence-corrected chi connectivity index (χ1v) is 7.30.